The summed E-state index contributed by atoms with van der Waals surface area (Å²) in [7, 11) is 0. The molecule has 0 spiro atoms. The largest absolute Gasteiger partial charge is 0.513 e. The Hall–Kier alpha value is -1.13. The lowest BCUT2D eigenvalue weighted by Gasteiger charge is -1.95. The number of hydrogen-bond acceptors (Lipinski definition) is 3. The van der Waals surface area contributed by atoms with Crippen molar-refractivity contribution >= 4 is 29.3 Å². The van der Waals surface area contributed by atoms with Crippen LogP contribution >= 0.6 is 23.4 Å². The van der Waals surface area contributed by atoms with Gasteiger partial charge in [-0.3, -0.25) is 4.79 Å². The molecule has 0 saturated carbocycles. The third-order valence-corrected chi connectivity index (χ3v) is 2.20. The Morgan fingerprint density at radius 2 is 1.87 bits per heavy atom. The minimum absolute atomic E-state index is 0.371. The van der Waals surface area contributed by atoms with Gasteiger partial charge in [0.1, 0.15) is 10.6 Å². The number of benzene rings is 1. The molecule has 0 aliphatic heterocycles. The fourth-order valence-electron chi connectivity index (χ4n) is 0.627. The summed E-state index contributed by atoms with van der Waals surface area (Å²) < 4.78 is 0.371. The first-order valence-electron chi connectivity index (χ1n) is 3.98. The number of aliphatic carboxylic acids is 1. The van der Waals surface area contributed by atoms with Crippen LogP contribution in [-0.4, -0.2) is 16.2 Å². The maximum absolute atomic E-state index is 9.00. The first-order chi connectivity index (χ1) is 7.06. The van der Waals surface area contributed by atoms with Gasteiger partial charge in [-0.1, -0.05) is 41.6 Å². The fraction of sp³-hybridized carbons (Fsp3) is 0.100. The molecular weight excluding hydrogens is 236 g/mol. The van der Waals surface area contributed by atoms with Crippen molar-refractivity contribution in [3.63, 3.8) is 0 Å². The lowest BCUT2D eigenvalue weighted by atomic mass is 10.4. The molecule has 2 N–H and O–H groups in total. The van der Waals surface area contributed by atoms with Gasteiger partial charge in [0.15, 0.2) is 0 Å². The monoisotopic (exact) mass is 246 g/mol. The lowest BCUT2D eigenvalue weighted by molar-refractivity contribution is -0.134. The van der Waals surface area contributed by atoms with Crippen molar-refractivity contribution in [2.75, 3.05) is 0 Å². The Balaban J connectivity index is 0.000000423. The van der Waals surface area contributed by atoms with E-state index in [1.807, 2.05) is 30.3 Å². The molecule has 1 aromatic rings. The molecule has 1 aromatic carbocycles. The standard InChI is InChI=1S/C8H7ClOS.C2H4O2/c9-8(6-10)11-7-4-2-1-3-5-7;1-2(3)4/h1-6,10H;1H3,(H,3,4). The summed E-state index contributed by atoms with van der Waals surface area (Å²) in [6.07, 6.45) is 0.888. The first kappa shape index (κ1) is 13.9. The van der Waals surface area contributed by atoms with Crippen LogP contribution in [0.5, 0.6) is 0 Å². The molecule has 0 unspecified atom stereocenters. The second-order valence-electron chi connectivity index (χ2n) is 2.37. The van der Waals surface area contributed by atoms with Crippen LogP contribution in [0, 0.1) is 0 Å². The smallest absolute Gasteiger partial charge is 0.300 e. The van der Waals surface area contributed by atoms with E-state index in [1.54, 1.807) is 0 Å². The molecule has 3 nitrogen and oxygen atoms in total. The Bertz CT molecular complexity index is 321. The molecule has 0 amide bonds. The predicted octanol–water partition coefficient (Wildman–Crippen LogP) is 3.47. The van der Waals surface area contributed by atoms with Gasteiger partial charge in [0.05, 0.1) is 0 Å². The van der Waals surface area contributed by atoms with Crippen LogP contribution in [0.15, 0.2) is 45.9 Å². The van der Waals surface area contributed by atoms with Crippen molar-refractivity contribution in [3.8, 4) is 0 Å². The summed E-state index contributed by atoms with van der Waals surface area (Å²) in [5, 5.41) is 15.9. The van der Waals surface area contributed by atoms with E-state index in [0.717, 1.165) is 18.1 Å². The molecule has 0 aliphatic carbocycles. The van der Waals surface area contributed by atoms with Gasteiger partial charge in [-0.25, -0.2) is 0 Å². The minimum atomic E-state index is -0.833. The highest BCUT2D eigenvalue weighted by atomic mass is 35.5. The summed E-state index contributed by atoms with van der Waals surface area (Å²) in [5.74, 6) is -0.833. The Kier molecular flexibility index (Phi) is 7.58. The molecule has 0 heterocycles. The van der Waals surface area contributed by atoms with Gasteiger partial charge in [-0.05, 0) is 12.1 Å². The van der Waals surface area contributed by atoms with E-state index >= 15 is 0 Å². The second kappa shape index (κ2) is 8.20. The summed E-state index contributed by atoms with van der Waals surface area (Å²) in [6, 6.07) is 9.63. The highest BCUT2D eigenvalue weighted by Crippen LogP contribution is 2.27. The zero-order chi connectivity index (χ0) is 11.7. The van der Waals surface area contributed by atoms with E-state index in [1.165, 1.54) is 11.8 Å². The van der Waals surface area contributed by atoms with E-state index < -0.39 is 5.97 Å². The van der Waals surface area contributed by atoms with Gasteiger partial charge < -0.3 is 10.2 Å². The third-order valence-electron chi connectivity index (χ3n) is 1.06. The van der Waals surface area contributed by atoms with Gasteiger partial charge in [0.25, 0.3) is 5.97 Å². The summed E-state index contributed by atoms with van der Waals surface area (Å²) >= 11 is 6.89. The summed E-state index contributed by atoms with van der Waals surface area (Å²) in [4.78, 5) is 10.0. The second-order valence-corrected chi connectivity index (χ2v) is 4.11. The maximum Gasteiger partial charge on any atom is 0.300 e. The number of rotatable bonds is 2. The molecule has 0 saturated heterocycles. The fourth-order valence-corrected chi connectivity index (χ4v) is 1.47. The van der Waals surface area contributed by atoms with E-state index in [0.29, 0.717) is 4.36 Å². The number of thioether (sulfide) groups is 1. The molecule has 0 bridgehead atoms. The van der Waals surface area contributed by atoms with Crippen LogP contribution in [0.3, 0.4) is 0 Å². The number of aliphatic hydroxyl groups excluding tert-OH is 1. The molecule has 15 heavy (non-hydrogen) atoms. The quantitative estimate of drug-likeness (QED) is 0.620. The van der Waals surface area contributed by atoms with Crippen molar-refractivity contribution in [1.29, 1.82) is 0 Å². The van der Waals surface area contributed by atoms with Crippen LogP contribution < -0.4 is 0 Å². The zero-order valence-corrected chi connectivity index (χ0v) is 9.63. The van der Waals surface area contributed by atoms with Gasteiger partial charge in [-0.15, -0.1) is 0 Å². The van der Waals surface area contributed by atoms with E-state index in [4.69, 9.17) is 26.6 Å². The minimum Gasteiger partial charge on any atom is -0.513 e. The topological polar surface area (TPSA) is 57.5 Å². The molecule has 0 aromatic heterocycles. The van der Waals surface area contributed by atoms with Gasteiger partial charge in [-0.2, -0.15) is 0 Å². The molecule has 0 fully saturated rings. The maximum atomic E-state index is 9.00. The van der Waals surface area contributed by atoms with Gasteiger partial charge in [0.2, 0.25) is 0 Å². The molecular formula is C10H11ClO3S. The van der Waals surface area contributed by atoms with Crippen molar-refractivity contribution in [2.24, 2.45) is 0 Å². The van der Waals surface area contributed by atoms with E-state index in [2.05, 4.69) is 0 Å². The lowest BCUT2D eigenvalue weighted by Crippen LogP contribution is -1.78. The zero-order valence-electron chi connectivity index (χ0n) is 8.05. The Morgan fingerprint density at radius 3 is 2.27 bits per heavy atom. The Labute approximate surface area is 97.4 Å². The highest BCUT2D eigenvalue weighted by Gasteiger charge is 1.94. The van der Waals surface area contributed by atoms with Crippen LogP contribution in [0.2, 0.25) is 0 Å². The molecule has 0 aliphatic rings. The van der Waals surface area contributed by atoms with Crippen molar-refractivity contribution in [1.82, 2.24) is 0 Å². The van der Waals surface area contributed by atoms with Gasteiger partial charge >= 0.3 is 0 Å². The van der Waals surface area contributed by atoms with Crippen molar-refractivity contribution in [2.45, 2.75) is 11.8 Å². The molecule has 0 radical (unpaired) electrons. The molecule has 82 valence electrons. The normalized spacial score (nSPS) is 10.1. The number of hydrogen-bond donors (Lipinski definition) is 2. The molecule has 0 atom stereocenters. The highest BCUT2D eigenvalue weighted by molar-refractivity contribution is 8.04. The summed E-state index contributed by atoms with van der Waals surface area (Å²) in [6.45, 7) is 1.08. The third kappa shape index (κ3) is 9.18. The number of carboxylic acids is 1. The number of aliphatic hydroxyl groups is 1. The van der Waals surface area contributed by atoms with Crippen LogP contribution in [0.1, 0.15) is 6.92 Å². The van der Waals surface area contributed by atoms with Crippen LogP contribution in [0.4, 0.5) is 0 Å². The van der Waals surface area contributed by atoms with Crippen LogP contribution in [-0.2, 0) is 4.79 Å². The predicted molar refractivity (Wildman–Crippen MR) is 62.2 cm³/mol. The molecule has 5 heteroatoms. The SMILES string of the molecule is CC(=O)O.OC=C(Cl)Sc1ccccc1. The van der Waals surface area contributed by atoms with E-state index in [-0.39, 0.29) is 0 Å². The van der Waals surface area contributed by atoms with Gasteiger partial charge in [0, 0.05) is 11.8 Å². The Morgan fingerprint density at radius 1 is 1.40 bits per heavy atom. The number of carbonyl (C=O) groups is 1. The van der Waals surface area contributed by atoms with Crippen molar-refractivity contribution < 1.29 is 15.0 Å². The summed E-state index contributed by atoms with van der Waals surface area (Å²) in [5.41, 5.74) is 0. The average Bonchev–Trinajstić information content (AvgIpc) is 2.18. The van der Waals surface area contributed by atoms with E-state index in [9.17, 15) is 0 Å². The van der Waals surface area contributed by atoms with Crippen molar-refractivity contribution in [3.05, 3.63) is 41.0 Å². The average molecular weight is 247 g/mol. The molecule has 1 rings (SSSR count). The number of halogens is 1. The first-order valence-corrected chi connectivity index (χ1v) is 5.18. The van der Waals surface area contributed by atoms with Crippen LogP contribution in [0.25, 0.3) is 0 Å². The number of carboxylic acid groups (broad SMARTS) is 1.